The van der Waals surface area contributed by atoms with Gasteiger partial charge in [-0.25, -0.2) is 0 Å². The molecule has 0 saturated carbocycles. The summed E-state index contributed by atoms with van der Waals surface area (Å²) >= 11 is 3.45. The maximum absolute atomic E-state index is 5.45. The summed E-state index contributed by atoms with van der Waals surface area (Å²) in [5.74, 6) is 0.852. The number of rotatable bonds is 4. The molecule has 1 aromatic heterocycles. The Kier molecular flexibility index (Phi) is 4.04. The highest BCUT2D eigenvalue weighted by Gasteiger charge is 2.19. The van der Waals surface area contributed by atoms with Crippen molar-refractivity contribution in [1.29, 1.82) is 0 Å². The van der Waals surface area contributed by atoms with Crippen molar-refractivity contribution in [2.45, 2.75) is 6.04 Å². The first-order valence-corrected chi connectivity index (χ1v) is 6.45. The molecule has 1 aromatic carbocycles. The smallest absolute Gasteiger partial charge is 0.125 e. The van der Waals surface area contributed by atoms with Crippen molar-refractivity contribution in [2.75, 3.05) is 14.2 Å². The van der Waals surface area contributed by atoms with Crippen molar-refractivity contribution in [2.24, 2.45) is 7.05 Å². The molecule has 18 heavy (non-hydrogen) atoms. The van der Waals surface area contributed by atoms with Gasteiger partial charge in [-0.1, -0.05) is 22.0 Å². The van der Waals surface area contributed by atoms with E-state index >= 15 is 0 Å². The average Bonchev–Trinajstić information content (AvgIpc) is 2.78. The SMILES string of the molecule is CNC(c1ccc(Br)cc1OC)c1ccnn1C. The van der Waals surface area contributed by atoms with Crippen LogP contribution < -0.4 is 10.1 Å². The largest absolute Gasteiger partial charge is 0.496 e. The Hall–Kier alpha value is -1.33. The number of benzene rings is 1. The van der Waals surface area contributed by atoms with Crippen LogP contribution in [0.4, 0.5) is 0 Å². The van der Waals surface area contributed by atoms with Gasteiger partial charge in [0.05, 0.1) is 18.8 Å². The third-order valence-corrected chi connectivity index (χ3v) is 3.44. The zero-order chi connectivity index (χ0) is 13.1. The zero-order valence-electron chi connectivity index (χ0n) is 10.6. The van der Waals surface area contributed by atoms with E-state index in [1.54, 1.807) is 13.3 Å². The van der Waals surface area contributed by atoms with E-state index in [1.165, 1.54) is 0 Å². The number of nitrogens with one attached hydrogen (secondary N) is 1. The molecule has 1 heterocycles. The predicted molar refractivity (Wildman–Crippen MR) is 74.8 cm³/mol. The first-order chi connectivity index (χ1) is 8.67. The fourth-order valence-electron chi connectivity index (χ4n) is 2.05. The van der Waals surface area contributed by atoms with Gasteiger partial charge in [0.25, 0.3) is 0 Å². The molecule has 0 radical (unpaired) electrons. The second-order valence-corrected chi connectivity index (χ2v) is 4.90. The van der Waals surface area contributed by atoms with Crippen molar-refractivity contribution < 1.29 is 4.74 Å². The van der Waals surface area contributed by atoms with Gasteiger partial charge in [-0.2, -0.15) is 5.10 Å². The number of methoxy groups -OCH3 is 1. The highest BCUT2D eigenvalue weighted by Crippen LogP contribution is 2.31. The molecule has 0 fully saturated rings. The van der Waals surface area contributed by atoms with E-state index in [2.05, 4.69) is 32.4 Å². The minimum atomic E-state index is 0.0561. The van der Waals surface area contributed by atoms with E-state index in [0.717, 1.165) is 21.5 Å². The van der Waals surface area contributed by atoms with Crippen molar-refractivity contribution in [3.63, 3.8) is 0 Å². The normalized spacial score (nSPS) is 12.4. The van der Waals surface area contributed by atoms with Crippen LogP contribution in [0.15, 0.2) is 34.9 Å². The second-order valence-electron chi connectivity index (χ2n) is 3.99. The Morgan fingerprint density at radius 1 is 1.39 bits per heavy atom. The van der Waals surface area contributed by atoms with Gasteiger partial charge in [-0.05, 0) is 25.2 Å². The fourth-order valence-corrected chi connectivity index (χ4v) is 2.39. The van der Waals surface area contributed by atoms with Crippen LogP contribution in [0.3, 0.4) is 0 Å². The molecule has 0 amide bonds. The first-order valence-electron chi connectivity index (χ1n) is 5.66. The summed E-state index contributed by atoms with van der Waals surface area (Å²) in [7, 11) is 5.55. The average molecular weight is 310 g/mol. The standard InChI is InChI=1S/C13H16BrN3O/c1-15-13(11-6-7-16-17(11)2)10-5-4-9(14)8-12(10)18-3/h4-8,13,15H,1-3H3. The van der Waals surface area contributed by atoms with Crippen LogP contribution in [0.2, 0.25) is 0 Å². The summed E-state index contributed by atoms with van der Waals surface area (Å²) in [5.41, 5.74) is 2.19. The molecule has 1 unspecified atom stereocenters. The van der Waals surface area contributed by atoms with Gasteiger partial charge in [-0.15, -0.1) is 0 Å². The molecule has 96 valence electrons. The van der Waals surface area contributed by atoms with Gasteiger partial charge in [0.15, 0.2) is 0 Å². The van der Waals surface area contributed by atoms with Gasteiger partial charge in [-0.3, -0.25) is 4.68 Å². The molecule has 0 saturated heterocycles. The van der Waals surface area contributed by atoms with E-state index in [0.29, 0.717) is 0 Å². The quantitative estimate of drug-likeness (QED) is 0.943. The van der Waals surface area contributed by atoms with E-state index in [9.17, 15) is 0 Å². The number of hydrogen-bond acceptors (Lipinski definition) is 3. The van der Waals surface area contributed by atoms with E-state index in [1.807, 2.05) is 37.0 Å². The minimum Gasteiger partial charge on any atom is -0.496 e. The highest BCUT2D eigenvalue weighted by molar-refractivity contribution is 9.10. The minimum absolute atomic E-state index is 0.0561. The lowest BCUT2D eigenvalue weighted by Gasteiger charge is -2.19. The van der Waals surface area contributed by atoms with Crippen molar-refractivity contribution >= 4 is 15.9 Å². The van der Waals surface area contributed by atoms with Crippen LogP contribution in [0, 0.1) is 0 Å². The molecular formula is C13H16BrN3O. The Bertz CT molecular complexity index is 539. The molecule has 0 spiro atoms. The first kappa shape index (κ1) is 13.1. The lowest BCUT2D eigenvalue weighted by molar-refractivity contribution is 0.404. The van der Waals surface area contributed by atoms with Crippen molar-refractivity contribution in [1.82, 2.24) is 15.1 Å². The summed E-state index contributed by atoms with van der Waals surface area (Å²) < 4.78 is 8.31. The third-order valence-electron chi connectivity index (χ3n) is 2.95. The number of aromatic nitrogens is 2. The van der Waals surface area contributed by atoms with Crippen LogP contribution in [-0.4, -0.2) is 23.9 Å². The van der Waals surface area contributed by atoms with Crippen LogP contribution in [0.1, 0.15) is 17.3 Å². The molecule has 0 aliphatic rings. The van der Waals surface area contributed by atoms with Crippen molar-refractivity contribution in [3.8, 4) is 5.75 Å². The third kappa shape index (κ3) is 2.42. The zero-order valence-corrected chi connectivity index (χ0v) is 12.2. The summed E-state index contributed by atoms with van der Waals surface area (Å²) in [6, 6.07) is 8.09. The summed E-state index contributed by atoms with van der Waals surface area (Å²) in [6.07, 6.45) is 1.80. The number of hydrogen-bond donors (Lipinski definition) is 1. The monoisotopic (exact) mass is 309 g/mol. The number of halogens is 1. The van der Waals surface area contributed by atoms with Gasteiger partial charge >= 0.3 is 0 Å². The summed E-state index contributed by atoms with van der Waals surface area (Å²) in [4.78, 5) is 0. The van der Waals surface area contributed by atoms with Gasteiger partial charge in [0.2, 0.25) is 0 Å². The Morgan fingerprint density at radius 2 is 2.17 bits per heavy atom. The van der Waals surface area contributed by atoms with Gasteiger partial charge in [0, 0.05) is 23.3 Å². The molecule has 0 aliphatic heterocycles. The van der Waals surface area contributed by atoms with Crippen LogP contribution in [0.25, 0.3) is 0 Å². The van der Waals surface area contributed by atoms with Crippen LogP contribution in [0.5, 0.6) is 5.75 Å². The topological polar surface area (TPSA) is 39.1 Å². The van der Waals surface area contributed by atoms with E-state index < -0.39 is 0 Å². The van der Waals surface area contributed by atoms with Crippen molar-refractivity contribution in [3.05, 3.63) is 46.2 Å². The van der Waals surface area contributed by atoms with E-state index in [4.69, 9.17) is 4.74 Å². The summed E-state index contributed by atoms with van der Waals surface area (Å²) in [5, 5.41) is 7.51. The molecule has 5 heteroatoms. The number of ether oxygens (including phenoxy) is 1. The molecule has 0 aliphatic carbocycles. The molecular weight excluding hydrogens is 294 g/mol. The second kappa shape index (κ2) is 5.54. The van der Waals surface area contributed by atoms with E-state index in [-0.39, 0.29) is 6.04 Å². The Balaban J connectivity index is 2.48. The highest BCUT2D eigenvalue weighted by atomic mass is 79.9. The maximum atomic E-state index is 5.45. The lowest BCUT2D eigenvalue weighted by Crippen LogP contribution is -2.21. The Morgan fingerprint density at radius 3 is 2.72 bits per heavy atom. The molecule has 4 nitrogen and oxygen atoms in total. The predicted octanol–water partition coefficient (Wildman–Crippen LogP) is 2.50. The molecule has 2 rings (SSSR count). The van der Waals surface area contributed by atoms with Gasteiger partial charge < -0.3 is 10.1 Å². The van der Waals surface area contributed by atoms with Gasteiger partial charge in [0.1, 0.15) is 5.75 Å². The van der Waals surface area contributed by atoms with Crippen LogP contribution >= 0.6 is 15.9 Å². The summed E-state index contributed by atoms with van der Waals surface area (Å²) in [6.45, 7) is 0. The number of aryl methyl sites for hydroxylation is 1. The maximum Gasteiger partial charge on any atom is 0.125 e. The lowest BCUT2D eigenvalue weighted by atomic mass is 10.0. The number of nitrogens with zero attached hydrogens (tertiary/aromatic N) is 2. The van der Waals surface area contributed by atoms with Crippen LogP contribution in [-0.2, 0) is 7.05 Å². The molecule has 1 N–H and O–H groups in total. The molecule has 1 atom stereocenters. The molecule has 2 aromatic rings. The fraction of sp³-hybridized carbons (Fsp3) is 0.308. The molecule has 0 bridgehead atoms. The Labute approximate surface area is 115 Å².